The number of rotatable bonds is 3. The minimum Gasteiger partial charge on any atom is -0.346 e. The molecular formula is C17H19Cl2N5O3. The van der Waals surface area contributed by atoms with E-state index in [0.717, 1.165) is 0 Å². The van der Waals surface area contributed by atoms with Gasteiger partial charge < -0.3 is 19.6 Å². The lowest BCUT2D eigenvalue weighted by molar-refractivity contribution is -0.146. The molecule has 27 heavy (non-hydrogen) atoms. The number of hydrogen-bond acceptors (Lipinski definition) is 6. The number of amides is 2. The maximum atomic E-state index is 12.1. The minimum atomic E-state index is -0.587. The average Bonchev–Trinajstić information content (AvgIpc) is 3.10. The van der Waals surface area contributed by atoms with Gasteiger partial charge in [-0.2, -0.15) is 4.98 Å². The van der Waals surface area contributed by atoms with E-state index in [4.69, 9.17) is 27.7 Å². The van der Waals surface area contributed by atoms with Crippen LogP contribution in [0.4, 0.5) is 6.01 Å². The number of anilines is 1. The molecule has 0 spiro atoms. The van der Waals surface area contributed by atoms with Crippen LogP contribution in [0.5, 0.6) is 0 Å². The summed E-state index contributed by atoms with van der Waals surface area (Å²) < 4.78 is 5.33. The predicted molar refractivity (Wildman–Crippen MR) is 102 cm³/mol. The Kier molecular flexibility index (Phi) is 5.86. The standard InChI is InChI=1S/C17H19Cl2N5O3/c1-10(2)20-15(25)16(26)23-3-5-24(6-4-23)17-21-14(22-27-17)11-7-12(18)9-13(19)8-11/h7-10H,3-6H2,1-2H3,(H,20,25). The molecule has 1 aliphatic rings. The van der Waals surface area contributed by atoms with Crippen molar-refractivity contribution >= 4 is 41.0 Å². The van der Waals surface area contributed by atoms with E-state index in [1.54, 1.807) is 18.2 Å². The maximum absolute atomic E-state index is 12.1. The lowest BCUT2D eigenvalue weighted by Gasteiger charge is -2.33. The maximum Gasteiger partial charge on any atom is 0.324 e. The highest BCUT2D eigenvalue weighted by atomic mass is 35.5. The van der Waals surface area contributed by atoms with Gasteiger partial charge in [0, 0.05) is 47.8 Å². The Hall–Kier alpha value is -2.32. The van der Waals surface area contributed by atoms with Gasteiger partial charge in [-0.3, -0.25) is 9.59 Å². The van der Waals surface area contributed by atoms with Gasteiger partial charge in [0.15, 0.2) is 0 Å². The number of hydrogen-bond donors (Lipinski definition) is 1. The van der Waals surface area contributed by atoms with Gasteiger partial charge in [0.2, 0.25) is 5.82 Å². The van der Waals surface area contributed by atoms with E-state index < -0.39 is 11.8 Å². The topological polar surface area (TPSA) is 91.6 Å². The van der Waals surface area contributed by atoms with E-state index in [1.807, 2.05) is 18.7 Å². The Labute approximate surface area is 166 Å². The van der Waals surface area contributed by atoms with E-state index in [-0.39, 0.29) is 6.04 Å². The molecule has 2 aromatic rings. The molecule has 0 aliphatic carbocycles. The highest BCUT2D eigenvalue weighted by Gasteiger charge is 2.28. The second-order valence-electron chi connectivity index (χ2n) is 6.47. The monoisotopic (exact) mass is 411 g/mol. The summed E-state index contributed by atoms with van der Waals surface area (Å²) in [5.41, 5.74) is 0.654. The van der Waals surface area contributed by atoms with Gasteiger partial charge in [0.25, 0.3) is 0 Å². The average molecular weight is 412 g/mol. The summed E-state index contributed by atoms with van der Waals surface area (Å²) in [5.74, 6) is -0.733. The summed E-state index contributed by atoms with van der Waals surface area (Å²) in [5, 5.41) is 7.54. The van der Waals surface area contributed by atoms with Gasteiger partial charge in [-0.25, -0.2) is 0 Å². The van der Waals surface area contributed by atoms with Crippen LogP contribution in [0, 0.1) is 0 Å². The first-order chi connectivity index (χ1) is 12.8. The molecule has 0 saturated carbocycles. The molecule has 0 bridgehead atoms. The molecule has 1 saturated heterocycles. The van der Waals surface area contributed by atoms with Crippen LogP contribution in [0.15, 0.2) is 22.7 Å². The SMILES string of the molecule is CC(C)NC(=O)C(=O)N1CCN(c2nc(-c3cc(Cl)cc(Cl)c3)no2)CC1. The van der Waals surface area contributed by atoms with Gasteiger partial charge in [0.05, 0.1) is 0 Å². The second-order valence-corrected chi connectivity index (χ2v) is 7.34. The third kappa shape index (κ3) is 4.70. The number of carbonyl (C=O) groups is 2. The van der Waals surface area contributed by atoms with Crippen molar-refractivity contribution in [3.63, 3.8) is 0 Å². The van der Waals surface area contributed by atoms with E-state index in [2.05, 4.69) is 15.5 Å². The molecule has 1 fully saturated rings. The second kappa shape index (κ2) is 8.14. The van der Waals surface area contributed by atoms with E-state index in [0.29, 0.717) is 53.6 Å². The van der Waals surface area contributed by atoms with Crippen LogP contribution in [0.1, 0.15) is 13.8 Å². The van der Waals surface area contributed by atoms with Crippen LogP contribution in [-0.4, -0.2) is 59.1 Å². The summed E-state index contributed by atoms with van der Waals surface area (Å²) in [4.78, 5) is 31.8. The number of piperazine rings is 1. The van der Waals surface area contributed by atoms with Crippen molar-refractivity contribution in [3.8, 4) is 11.4 Å². The molecule has 2 heterocycles. The predicted octanol–water partition coefficient (Wildman–Crippen LogP) is 2.22. The lowest BCUT2D eigenvalue weighted by Crippen LogP contribution is -2.53. The van der Waals surface area contributed by atoms with E-state index in [9.17, 15) is 9.59 Å². The quantitative estimate of drug-likeness (QED) is 0.778. The third-order valence-electron chi connectivity index (χ3n) is 3.99. The molecular weight excluding hydrogens is 393 g/mol. The molecule has 1 N–H and O–H groups in total. The van der Waals surface area contributed by atoms with Crippen molar-refractivity contribution in [2.75, 3.05) is 31.1 Å². The van der Waals surface area contributed by atoms with Crippen LogP contribution in [0.2, 0.25) is 10.0 Å². The summed E-state index contributed by atoms with van der Waals surface area (Å²) in [6, 6.07) is 5.29. The highest BCUT2D eigenvalue weighted by Crippen LogP contribution is 2.27. The van der Waals surface area contributed by atoms with Crippen molar-refractivity contribution in [2.24, 2.45) is 0 Å². The summed E-state index contributed by atoms with van der Waals surface area (Å²) >= 11 is 12.0. The third-order valence-corrected chi connectivity index (χ3v) is 4.42. The molecule has 8 nitrogen and oxygen atoms in total. The first kappa shape index (κ1) is 19.4. The molecule has 3 rings (SSSR count). The Morgan fingerprint density at radius 1 is 1.11 bits per heavy atom. The fourth-order valence-electron chi connectivity index (χ4n) is 2.71. The van der Waals surface area contributed by atoms with E-state index in [1.165, 1.54) is 4.90 Å². The normalized spacial score (nSPS) is 14.6. The number of nitrogens with one attached hydrogen (secondary N) is 1. The van der Waals surface area contributed by atoms with Gasteiger partial charge in [0.1, 0.15) is 0 Å². The summed E-state index contributed by atoms with van der Waals surface area (Å²) in [6.45, 7) is 5.38. The molecule has 0 radical (unpaired) electrons. The van der Waals surface area contributed by atoms with Gasteiger partial charge in [-0.1, -0.05) is 28.4 Å². The van der Waals surface area contributed by atoms with Crippen molar-refractivity contribution in [3.05, 3.63) is 28.2 Å². The first-order valence-corrected chi connectivity index (χ1v) is 9.24. The van der Waals surface area contributed by atoms with E-state index >= 15 is 0 Å². The molecule has 1 aromatic heterocycles. The Morgan fingerprint density at radius 3 is 2.33 bits per heavy atom. The summed E-state index contributed by atoms with van der Waals surface area (Å²) in [7, 11) is 0. The Balaban J connectivity index is 1.63. The molecule has 2 amide bonds. The van der Waals surface area contributed by atoms with Crippen LogP contribution in [-0.2, 0) is 9.59 Å². The van der Waals surface area contributed by atoms with Crippen LogP contribution in [0.25, 0.3) is 11.4 Å². The zero-order valence-electron chi connectivity index (χ0n) is 14.9. The Bertz CT molecular complexity index is 827. The first-order valence-electron chi connectivity index (χ1n) is 8.48. The molecule has 0 unspecified atom stereocenters. The molecule has 144 valence electrons. The van der Waals surface area contributed by atoms with Gasteiger partial charge in [-0.05, 0) is 32.0 Å². The minimum absolute atomic E-state index is 0.0838. The number of carbonyl (C=O) groups excluding carboxylic acids is 2. The van der Waals surface area contributed by atoms with Crippen molar-refractivity contribution < 1.29 is 14.1 Å². The number of halogens is 2. The van der Waals surface area contributed by atoms with Crippen molar-refractivity contribution in [1.29, 1.82) is 0 Å². The molecule has 1 aliphatic heterocycles. The van der Waals surface area contributed by atoms with Gasteiger partial charge >= 0.3 is 17.8 Å². The van der Waals surface area contributed by atoms with Crippen LogP contribution >= 0.6 is 23.2 Å². The van der Waals surface area contributed by atoms with Crippen LogP contribution in [0.3, 0.4) is 0 Å². The zero-order chi connectivity index (χ0) is 19.6. The number of aromatic nitrogens is 2. The van der Waals surface area contributed by atoms with Crippen LogP contribution < -0.4 is 10.2 Å². The fraction of sp³-hybridized carbons (Fsp3) is 0.412. The number of benzene rings is 1. The largest absolute Gasteiger partial charge is 0.346 e. The Morgan fingerprint density at radius 2 is 1.74 bits per heavy atom. The smallest absolute Gasteiger partial charge is 0.324 e. The van der Waals surface area contributed by atoms with Gasteiger partial charge in [-0.15, -0.1) is 0 Å². The molecule has 1 aromatic carbocycles. The zero-order valence-corrected chi connectivity index (χ0v) is 16.4. The van der Waals surface area contributed by atoms with Crippen molar-refractivity contribution in [2.45, 2.75) is 19.9 Å². The van der Waals surface area contributed by atoms with Crippen molar-refractivity contribution in [1.82, 2.24) is 20.4 Å². The highest BCUT2D eigenvalue weighted by molar-refractivity contribution is 6.35. The summed E-state index contributed by atoms with van der Waals surface area (Å²) in [6.07, 6.45) is 0. The fourth-order valence-corrected chi connectivity index (χ4v) is 3.24. The molecule has 0 atom stereocenters. The molecule has 10 heteroatoms. The lowest BCUT2D eigenvalue weighted by atomic mass is 10.2. The number of nitrogens with zero attached hydrogens (tertiary/aromatic N) is 4.